The van der Waals surface area contributed by atoms with Gasteiger partial charge in [-0.15, -0.1) is 0 Å². The van der Waals surface area contributed by atoms with Gasteiger partial charge in [0.1, 0.15) is 0 Å². The molecule has 4 heteroatoms. The van der Waals surface area contributed by atoms with Crippen molar-refractivity contribution in [3.05, 3.63) is 36.4 Å². The van der Waals surface area contributed by atoms with Gasteiger partial charge in [0.25, 0.3) is 0 Å². The quantitative estimate of drug-likeness (QED) is 0.474. The molecule has 0 atom stereocenters. The predicted octanol–water partition coefficient (Wildman–Crippen LogP) is 0.618. The molecule has 0 aliphatic rings. The van der Waals surface area contributed by atoms with Crippen molar-refractivity contribution >= 4 is 11.4 Å². The van der Waals surface area contributed by atoms with Gasteiger partial charge in [-0.2, -0.15) is 0 Å². The van der Waals surface area contributed by atoms with Gasteiger partial charge in [-0.3, -0.25) is 9.81 Å². The van der Waals surface area contributed by atoms with Gasteiger partial charge in [0.05, 0.1) is 11.7 Å². The molecule has 0 spiro atoms. The van der Waals surface area contributed by atoms with Crippen molar-refractivity contribution in [3.63, 3.8) is 0 Å². The van der Waals surface area contributed by atoms with E-state index in [9.17, 15) is 0 Å². The highest BCUT2D eigenvalue weighted by Crippen LogP contribution is 2.04. The molecule has 4 nitrogen and oxygen atoms in total. The predicted molar refractivity (Wildman–Crippen MR) is 46.2 cm³/mol. The van der Waals surface area contributed by atoms with Crippen LogP contribution < -0.4 is 5.73 Å². The summed E-state index contributed by atoms with van der Waals surface area (Å²) < 4.78 is 1.78. The molecule has 2 heterocycles. The SMILES string of the molecule is N=C(N)c1ncc2ccccn12. The molecule has 0 aromatic carbocycles. The van der Waals surface area contributed by atoms with E-state index in [-0.39, 0.29) is 5.84 Å². The minimum absolute atomic E-state index is 0.0128. The number of hydrogen-bond acceptors (Lipinski definition) is 2. The Bertz CT molecular complexity index is 429. The van der Waals surface area contributed by atoms with Gasteiger partial charge in [0, 0.05) is 6.20 Å². The number of imidazole rings is 1. The molecule has 2 aromatic heterocycles. The summed E-state index contributed by atoms with van der Waals surface area (Å²) in [6, 6.07) is 5.71. The Balaban J connectivity index is 2.79. The van der Waals surface area contributed by atoms with Gasteiger partial charge in [-0.25, -0.2) is 4.98 Å². The average Bonchev–Trinajstić information content (AvgIpc) is 2.47. The van der Waals surface area contributed by atoms with E-state index >= 15 is 0 Å². The van der Waals surface area contributed by atoms with Crippen molar-refractivity contribution < 1.29 is 0 Å². The third-order valence-electron chi connectivity index (χ3n) is 1.68. The zero-order valence-corrected chi connectivity index (χ0v) is 6.36. The first kappa shape index (κ1) is 6.84. The van der Waals surface area contributed by atoms with E-state index in [1.54, 1.807) is 10.6 Å². The molecular formula is C8H8N4. The highest BCUT2D eigenvalue weighted by atomic mass is 15.0. The summed E-state index contributed by atoms with van der Waals surface area (Å²) in [7, 11) is 0. The monoisotopic (exact) mass is 160 g/mol. The average molecular weight is 160 g/mol. The van der Waals surface area contributed by atoms with Crippen molar-refractivity contribution in [3.8, 4) is 0 Å². The second-order valence-electron chi connectivity index (χ2n) is 2.49. The largest absolute Gasteiger partial charge is 0.381 e. The van der Waals surface area contributed by atoms with Crippen LogP contribution in [0.3, 0.4) is 0 Å². The van der Waals surface area contributed by atoms with Crippen molar-refractivity contribution in [2.24, 2.45) is 5.73 Å². The zero-order valence-electron chi connectivity index (χ0n) is 6.36. The Morgan fingerprint density at radius 1 is 1.50 bits per heavy atom. The summed E-state index contributed by atoms with van der Waals surface area (Å²) in [4.78, 5) is 4.01. The lowest BCUT2D eigenvalue weighted by Crippen LogP contribution is -2.14. The molecule has 0 unspecified atom stereocenters. The van der Waals surface area contributed by atoms with E-state index in [1.807, 2.05) is 24.4 Å². The van der Waals surface area contributed by atoms with Crippen LogP contribution >= 0.6 is 0 Å². The van der Waals surface area contributed by atoms with Crippen LogP contribution in [0.25, 0.3) is 5.52 Å². The lowest BCUT2D eigenvalue weighted by Gasteiger charge is -1.96. The lowest BCUT2D eigenvalue weighted by atomic mass is 10.4. The van der Waals surface area contributed by atoms with Crippen LogP contribution in [0.4, 0.5) is 0 Å². The first-order chi connectivity index (χ1) is 5.79. The standard InChI is InChI=1S/C8H8N4/c9-7(10)8-11-5-6-3-1-2-4-12(6)8/h1-5H,(H3,9,10). The maximum absolute atomic E-state index is 7.23. The van der Waals surface area contributed by atoms with Gasteiger partial charge in [-0.05, 0) is 12.1 Å². The van der Waals surface area contributed by atoms with Crippen LogP contribution in [-0.2, 0) is 0 Å². The number of nitrogens with zero attached hydrogens (tertiary/aromatic N) is 2. The molecule has 0 aliphatic carbocycles. The summed E-state index contributed by atoms with van der Waals surface area (Å²) in [6.07, 6.45) is 3.52. The van der Waals surface area contributed by atoms with Gasteiger partial charge < -0.3 is 5.73 Å². The molecule has 0 saturated heterocycles. The first-order valence-electron chi connectivity index (χ1n) is 3.55. The fourth-order valence-corrected chi connectivity index (χ4v) is 1.14. The number of rotatable bonds is 1. The normalized spacial score (nSPS) is 10.3. The summed E-state index contributed by atoms with van der Waals surface area (Å²) >= 11 is 0. The number of amidine groups is 1. The van der Waals surface area contributed by atoms with Crippen LogP contribution in [-0.4, -0.2) is 15.2 Å². The number of aromatic nitrogens is 2. The molecule has 0 radical (unpaired) electrons. The molecule has 0 saturated carbocycles. The van der Waals surface area contributed by atoms with E-state index in [2.05, 4.69) is 4.98 Å². The van der Waals surface area contributed by atoms with E-state index in [1.165, 1.54) is 0 Å². The van der Waals surface area contributed by atoms with Gasteiger partial charge in [-0.1, -0.05) is 6.07 Å². The Kier molecular flexibility index (Phi) is 1.33. The number of nitrogens with one attached hydrogen (secondary N) is 1. The van der Waals surface area contributed by atoms with Gasteiger partial charge in [0.15, 0.2) is 11.7 Å². The molecule has 0 amide bonds. The first-order valence-corrected chi connectivity index (χ1v) is 3.55. The third kappa shape index (κ3) is 0.852. The summed E-state index contributed by atoms with van der Waals surface area (Å²) in [5.41, 5.74) is 6.27. The highest BCUT2D eigenvalue weighted by Gasteiger charge is 2.03. The van der Waals surface area contributed by atoms with Gasteiger partial charge in [0.2, 0.25) is 0 Å². The molecule has 2 aromatic rings. The minimum atomic E-state index is -0.0128. The summed E-state index contributed by atoms with van der Waals surface area (Å²) in [5, 5.41) is 7.23. The van der Waals surface area contributed by atoms with Crippen LogP contribution in [0, 0.1) is 5.41 Å². The Hall–Kier alpha value is -1.84. The second-order valence-corrected chi connectivity index (χ2v) is 2.49. The molecule has 2 rings (SSSR count). The van der Waals surface area contributed by atoms with Crippen LogP contribution in [0.5, 0.6) is 0 Å². The highest BCUT2D eigenvalue weighted by molar-refractivity contribution is 5.92. The summed E-state index contributed by atoms with van der Waals surface area (Å²) in [5.74, 6) is 0.479. The smallest absolute Gasteiger partial charge is 0.179 e. The molecule has 0 fully saturated rings. The van der Waals surface area contributed by atoms with Crippen molar-refractivity contribution in [2.45, 2.75) is 0 Å². The summed E-state index contributed by atoms with van der Waals surface area (Å²) in [6.45, 7) is 0. The van der Waals surface area contributed by atoms with Gasteiger partial charge >= 0.3 is 0 Å². The Labute approximate surface area is 69.2 Å². The lowest BCUT2D eigenvalue weighted by molar-refractivity contribution is 1.10. The van der Waals surface area contributed by atoms with E-state index in [0.717, 1.165) is 5.52 Å². The Morgan fingerprint density at radius 3 is 3.08 bits per heavy atom. The molecule has 0 bridgehead atoms. The zero-order chi connectivity index (χ0) is 8.55. The van der Waals surface area contributed by atoms with Crippen molar-refractivity contribution in [1.29, 1.82) is 5.41 Å². The minimum Gasteiger partial charge on any atom is -0.381 e. The second kappa shape index (κ2) is 2.34. The number of pyridine rings is 1. The molecule has 0 aliphatic heterocycles. The fraction of sp³-hybridized carbons (Fsp3) is 0. The van der Waals surface area contributed by atoms with Crippen LogP contribution in [0.15, 0.2) is 30.6 Å². The number of fused-ring (bicyclic) bond motifs is 1. The topological polar surface area (TPSA) is 67.2 Å². The molecule has 12 heavy (non-hydrogen) atoms. The van der Waals surface area contributed by atoms with Crippen molar-refractivity contribution in [2.75, 3.05) is 0 Å². The fourth-order valence-electron chi connectivity index (χ4n) is 1.14. The van der Waals surface area contributed by atoms with Crippen LogP contribution in [0.1, 0.15) is 5.82 Å². The number of hydrogen-bond donors (Lipinski definition) is 2. The Morgan fingerprint density at radius 2 is 2.33 bits per heavy atom. The maximum atomic E-state index is 7.23. The number of nitrogen functional groups attached to an aromatic ring is 1. The van der Waals surface area contributed by atoms with Crippen LogP contribution in [0.2, 0.25) is 0 Å². The number of nitrogens with two attached hydrogens (primary N) is 1. The van der Waals surface area contributed by atoms with E-state index in [0.29, 0.717) is 5.82 Å². The van der Waals surface area contributed by atoms with E-state index in [4.69, 9.17) is 11.1 Å². The maximum Gasteiger partial charge on any atom is 0.179 e. The van der Waals surface area contributed by atoms with E-state index < -0.39 is 0 Å². The third-order valence-corrected chi connectivity index (χ3v) is 1.68. The molecular weight excluding hydrogens is 152 g/mol. The van der Waals surface area contributed by atoms with Crippen molar-refractivity contribution in [1.82, 2.24) is 9.38 Å². The molecule has 60 valence electrons. The molecule has 3 N–H and O–H groups in total.